The first kappa shape index (κ1) is 19.4. The Morgan fingerprint density at radius 1 is 1.30 bits per heavy atom. The third-order valence-corrected chi connectivity index (χ3v) is 6.21. The SMILES string of the molecule is CCNC(=NCc1ccnn1C)N1CCN(S(=O)(=O)Cc2ccon2)CC1. The van der Waals surface area contributed by atoms with Gasteiger partial charge in [-0.25, -0.2) is 13.4 Å². The van der Waals surface area contributed by atoms with Crippen LogP contribution in [0.4, 0.5) is 0 Å². The molecule has 0 amide bonds. The minimum atomic E-state index is -3.41. The summed E-state index contributed by atoms with van der Waals surface area (Å²) < 4.78 is 33.1. The van der Waals surface area contributed by atoms with Gasteiger partial charge in [-0.2, -0.15) is 9.40 Å². The molecule has 1 aliphatic rings. The molecule has 0 bridgehead atoms. The molecular formula is C16H25N7O3S. The Hall–Kier alpha value is -2.40. The van der Waals surface area contributed by atoms with Crippen LogP contribution >= 0.6 is 0 Å². The number of piperazine rings is 1. The lowest BCUT2D eigenvalue weighted by molar-refractivity contribution is 0.259. The molecule has 0 spiro atoms. The number of hydrogen-bond donors (Lipinski definition) is 1. The van der Waals surface area contributed by atoms with Gasteiger partial charge in [0.2, 0.25) is 10.0 Å². The smallest absolute Gasteiger partial charge is 0.220 e. The van der Waals surface area contributed by atoms with E-state index in [-0.39, 0.29) is 5.75 Å². The van der Waals surface area contributed by atoms with Crippen LogP contribution in [-0.2, 0) is 29.4 Å². The Balaban J connectivity index is 1.61. The summed E-state index contributed by atoms with van der Waals surface area (Å²) in [6.07, 6.45) is 3.13. The molecule has 148 valence electrons. The molecule has 2 aromatic heterocycles. The summed E-state index contributed by atoms with van der Waals surface area (Å²) in [5, 5.41) is 11.1. The topological polar surface area (TPSA) is 109 Å². The number of aromatic nitrogens is 3. The van der Waals surface area contributed by atoms with Crippen molar-refractivity contribution in [3.05, 3.63) is 36.0 Å². The maximum Gasteiger partial charge on any atom is 0.220 e. The molecule has 3 rings (SSSR count). The summed E-state index contributed by atoms with van der Waals surface area (Å²) in [5.74, 6) is 0.644. The number of nitrogens with one attached hydrogen (secondary N) is 1. The molecule has 1 fully saturated rings. The Bertz CT molecular complexity index is 852. The predicted molar refractivity (Wildman–Crippen MR) is 100 cm³/mol. The van der Waals surface area contributed by atoms with Gasteiger partial charge in [0.15, 0.2) is 5.96 Å². The van der Waals surface area contributed by atoms with E-state index in [1.165, 1.54) is 10.6 Å². The van der Waals surface area contributed by atoms with E-state index in [0.29, 0.717) is 38.4 Å². The molecule has 0 atom stereocenters. The molecule has 0 saturated carbocycles. The van der Waals surface area contributed by atoms with Crippen molar-refractivity contribution in [1.29, 1.82) is 0 Å². The van der Waals surface area contributed by atoms with Gasteiger partial charge in [-0.05, 0) is 13.0 Å². The van der Waals surface area contributed by atoms with Crippen LogP contribution < -0.4 is 5.32 Å². The summed E-state index contributed by atoms with van der Waals surface area (Å²) in [6.45, 7) is 5.26. The zero-order valence-corrected chi connectivity index (χ0v) is 16.4. The molecule has 10 nitrogen and oxygen atoms in total. The van der Waals surface area contributed by atoms with Crippen LogP contribution in [0.3, 0.4) is 0 Å². The fourth-order valence-electron chi connectivity index (χ4n) is 2.91. The highest BCUT2D eigenvalue weighted by molar-refractivity contribution is 7.88. The van der Waals surface area contributed by atoms with Gasteiger partial charge < -0.3 is 14.7 Å². The maximum atomic E-state index is 12.5. The molecular weight excluding hydrogens is 370 g/mol. The van der Waals surface area contributed by atoms with Gasteiger partial charge in [-0.3, -0.25) is 4.68 Å². The molecule has 27 heavy (non-hydrogen) atoms. The van der Waals surface area contributed by atoms with Crippen molar-refractivity contribution < 1.29 is 12.9 Å². The highest BCUT2D eigenvalue weighted by Gasteiger charge is 2.29. The Morgan fingerprint density at radius 3 is 2.67 bits per heavy atom. The summed E-state index contributed by atoms with van der Waals surface area (Å²) >= 11 is 0. The molecule has 1 aliphatic heterocycles. The highest BCUT2D eigenvalue weighted by Crippen LogP contribution is 2.13. The van der Waals surface area contributed by atoms with E-state index in [2.05, 4.69) is 25.5 Å². The summed E-state index contributed by atoms with van der Waals surface area (Å²) in [4.78, 5) is 6.75. The molecule has 1 saturated heterocycles. The van der Waals surface area contributed by atoms with Gasteiger partial charge in [-0.15, -0.1) is 0 Å². The van der Waals surface area contributed by atoms with E-state index in [4.69, 9.17) is 4.52 Å². The second-order valence-corrected chi connectivity index (χ2v) is 8.22. The molecule has 0 aromatic carbocycles. The third kappa shape index (κ3) is 4.86. The van der Waals surface area contributed by atoms with E-state index in [9.17, 15) is 8.42 Å². The average molecular weight is 395 g/mol. The van der Waals surface area contributed by atoms with Crippen molar-refractivity contribution in [3.63, 3.8) is 0 Å². The standard InChI is InChI=1S/C16H25N7O3S/c1-3-17-16(18-12-15-4-6-19-21(15)2)22-7-9-23(10-8-22)27(24,25)13-14-5-11-26-20-14/h4-6,11H,3,7-10,12-13H2,1-2H3,(H,17,18). The first-order valence-electron chi connectivity index (χ1n) is 8.87. The number of sulfonamides is 1. The number of rotatable bonds is 6. The van der Waals surface area contributed by atoms with Gasteiger partial charge >= 0.3 is 0 Å². The summed E-state index contributed by atoms with van der Waals surface area (Å²) in [5.41, 5.74) is 1.43. The third-order valence-electron chi connectivity index (χ3n) is 4.40. The van der Waals surface area contributed by atoms with Gasteiger partial charge in [0, 0.05) is 52.0 Å². The van der Waals surface area contributed by atoms with Crippen molar-refractivity contribution in [3.8, 4) is 0 Å². The van der Waals surface area contributed by atoms with Gasteiger partial charge in [0.1, 0.15) is 12.0 Å². The van der Waals surface area contributed by atoms with Crippen LogP contribution in [-0.4, -0.2) is 71.2 Å². The van der Waals surface area contributed by atoms with E-state index in [1.54, 1.807) is 16.9 Å². The fourth-order valence-corrected chi connectivity index (χ4v) is 4.33. The Kier molecular flexibility index (Phi) is 6.11. The van der Waals surface area contributed by atoms with Crippen LogP contribution in [0.1, 0.15) is 18.3 Å². The van der Waals surface area contributed by atoms with Crippen molar-refractivity contribution in [2.24, 2.45) is 12.0 Å². The van der Waals surface area contributed by atoms with Crippen LogP contribution in [0.15, 0.2) is 34.1 Å². The molecule has 2 aromatic rings. The van der Waals surface area contributed by atoms with Crippen molar-refractivity contribution in [2.75, 3.05) is 32.7 Å². The Labute approximate surface area is 158 Å². The lowest BCUT2D eigenvalue weighted by Crippen LogP contribution is -2.53. The number of aliphatic imine (C=N–C) groups is 1. The highest BCUT2D eigenvalue weighted by atomic mass is 32.2. The van der Waals surface area contributed by atoms with Crippen LogP contribution in [0, 0.1) is 0 Å². The molecule has 0 unspecified atom stereocenters. The van der Waals surface area contributed by atoms with Crippen LogP contribution in [0.2, 0.25) is 0 Å². The van der Waals surface area contributed by atoms with Crippen molar-refractivity contribution in [2.45, 2.75) is 19.2 Å². The monoisotopic (exact) mass is 395 g/mol. The van der Waals surface area contributed by atoms with E-state index in [1.807, 2.05) is 20.0 Å². The van der Waals surface area contributed by atoms with Gasteiger partial charge in [-0.1, -0.05) is 5.16 Å². The summed E-state index contributed by atoms with van der Waals surface area (Å²) in [7, 11) is -1.52. The number of nitrogens with zero attached hydrogens (tertiary/aromatic N) is 6. The number of aryl methyl sites for hydroxylation is 1. The van der Waals surface area contributed by atoms with Gasteiger partial charge in [0.05, 0.1) is 17.9 Å². The molecule has 3 heterocycles. The second-order valence-electron chi connectivity index (χ2n) is 6.25. The first-order chi connectivity index (χ1) is 13.0. The molecule has 1 N–H and O–H groups in total. The first-order valence-corrected chi connectivity index (χ1v) is 10.5. The van der Waals surface area contributed by atoms with Crippen LogP contribution in [0.5, 0.6) is 0 Å². The van der Waals surface area contributed by atoms with E-state index in [0.717, 1.165) is 18.2 Å². The summed E-state index contributed by atoms with van der Waals surface area (Å²) in [6, 6.07) is 3.50. The Morgan fingerprint density at radius 2 is 2.07 bits per heavy atom. The lowest BCUT2D eigenvalue weighted by Gasteiger charge is -2.35. The normalized spacial score (nSPS) is 16.7. The number of hydrogen-bond acceptors (Lipinski definition) is 6. The number of guanidine groups is 1. The second kappa shape index (κ2) is 8.53. The minimum absolute atomic E-state index is 0.141. The fraction of sp³-hybridized carbons (Fsp3) is 0.562. The van der Waals surface area contributed by atoms with Crippen molar-refractivity contribution in [1.82, 2.24) is 29.5 Å². The zero-order valence-electron chi connectivity index (χ0n) is 15.6. The largest absolute Gasteiger partial charge is 0.364 e. The molecule has 0 aliphatic carbocycles. The zero-order chi connectivity index (χ0) is 19.3. The van der Waals surface area contributed by atoms with Crippen molar-refractivity contribution >= 4 is 16.0 Å². The van der Waals surface area contributed by atoms with E-state index < -0.39 is 10.0 Å². The average Bonchev–Trinajstić information content (AvgIpc) is 3.30. The van der Waals surface area contributed by atoms with E-state index >= 15 is 0 Å². The quantitative estimate of drug-likeness (QED) is 0.542. The predicted octanol–water partition coefficient (Wildman–Crippen LogP) is 0.0212. The van der Waals surface area contributed by atoms with Gasteiger partial charge in [0.25, 0.3) is 0 Å². The minimum Gasteiger partial charge on any atom is -0.364 e. The maximum absolute atomic E-state index is 12.5. The van der Waals surface area contributed by atoms with Crippen LogP contribution in [0.25, 0.3) is 0 Å². The molecule has 0 radical (unpaired) electrons. The lowest BCUT2D eigenvalue weighted by atomic mass is 10.4. The molecule has 11 heteroatoms.